The van der Waals surface area contributed by atoms with Crippen molar-refractivity contribution in [2.24, 2.45) is 0 Å². The molecule has 0 saturated carbocycles. The molecule has 94 valence electrons. The van der Waals surface area contributed by atoms with Gasteiger partial charge in [-0.05, 0) is 37.1 Å². The van der Waals surface area contributed by atoms with Crippen LogP contribution in [0.3, 0.4) is 0 Å². The van der Waals surface area contributed by atoms with E-state index in [-0.39, 0.29) is 0 Å². The molecule has 0 N–H and O–H groups in total. The van der Waals surface area contributed by atoms with Crippen molar-refractivity contribution in [1.82, 2.24) is 0 Å². The average molecular weight is 315 g/mol. The molecule has 0 bridgehead atoms. The van der Waals surface area contributed by atoms with E-state index in [0.717, 1.165) is 31.0 Å². The first-order valence-electron chi connectivity index (χ1n) is 5.44. The van der Waals surface area contributed by atoms with Gasteiger partial charge in [0.05, 0.1) is 10.0 Å². The lowest BCUT2D eigenvalue weighted by Crippen LogP contribution is -1.79. The van der Waals surface area contributed by atoms with Crippen molar-refractivity contribution in [2.75, 3.05) is 0 Å². The van der Waals surface area contributed by atoms with E-state index in [1.54, 1.807) is 21.6 Å². The Morgan fingerprint density at radius 1 is 0.722 bits per heavy atom. The molecule has 0 fully saturated rings. The molecule has 0 amide bonds. The van der Waals surface area contributed by atoms with Crippen LogP contribution in [0.4, 0.5) is 0 Å². The first kappa shape index (κ1) is 14.1. The van der Waals surface area contributed by atoms with Gasteiger partial charge in [-0.1, -0.05) is 69.1 Å². The standard InChI is InChI=1S/C14H12Cl2S2/c1-9-5-3-7-11(13(9)15)17-18-12-8-4-6-10(2)14(12)16/h3-8H,1-2H3. The highest BCUT2D eigenvalue weighted by Crippen LogP contribution is 2.44. The fourth-order valence-corrected chi connectivity index (χ4v) is 4.51. The maximum atomic E-state index is 6.26. The fraction of sp³-hybridized carbons (Fsp3) is 0.143. The minimum absolute atomic E-state index is 0.818. The Morgan fingerprint density at radius 2 is 1.11 bits per heavy atom. The molecule has 0 saturated heterocycles. The third kappa shape index (κ3) is 3.18. The molecule has 0 nitrogen and oxygen atoms in total. The maximum Gasteiger partial charge on any atom is 0.0579 e. The van der Waals surface area contributed by atoms with Crippen LogP contribution in [-0.4, -0.2) is 0 Å². The van der Waals surface area contributed by atoms with E-state index >= 15 is 0 Å². The largest absolute Gasteiger partial charge is 0.0828 e. The molecular weight excluding hydrogens is 303 g/mol. The molecule has 0 spiro atoms. The van der Waals surface area contributed by atoms with Crippen molar-refractivity contribution >= 4 is 44.8 Å². The van der Waals surface area contributed by atoms with Crippen LogP contribution < -0.4 is 0 Å². The summed E-state index contributed by atoms with van der Waals surface area (Å²) in [6.45, 7) is 4.02. The summed E-state index contributed by atoms with van der Waals surface area (Å²) in [4.78, 5) is 2.14. The van der Waals surface area contributed by atoms with E-state index in [1.165, 1.54) is 0 Å². The van der Waals surface area contributed by atoms with E-state index in [2.05, 4.69) is 0 Å². The SMILES string of the molecule is Cc1cccc(SSc2cccc(C)c2Cl)c1Cl. The summed E-state index contributed by atoms with van der Waals surface area (Å²) >= 11 is 12.5. The van der Waals surface area contributed by atoms with Gasteiger partial charge in [-0.15, -0.1) is 0 Å². The number of halogens is 2. The minimum atomic E-state index is 0.818. The Morgan fingerprint density at radius 3 is 1.50 bits per heavy atom. The molecule has 2 aromatic carbocycles. The first-order chi connectivity index (χ1) is 8.59. The smallest absolute Gasteiger partial charge is 0.0579 e. The second kappa shape index (κ2) is 6.25. The molecular formula is C14H12Cl2S2. The van der Waals surface area contributed by atoms with Crippen LogP contribution >= 0.6 is 44.8 Å². The monoisotopic (exact) mass is 314 g/mol. The first-order valence-corrected chi connectivity index (χ1v) is 8.35. The summed E-state index contributed by atoms with van der Waals surface area (Å²) < 4.78 is 0. The summed E-state index contributed by atoms with van der Waals surface area (Å²) in [5.74, 6) is 0. The Hall–Kier alpha value is -0.280. The number of benzene rings is 2. The number of rotatable bonds is 3. The second-order valence-electron chi connectivity index (χ2n) is 3.94. The Kier molecular flexibility index (Phi) is 4.91. The van der Waals surface area contributed by atoms with Crippen molar-refractivity contribution in [2.45, 2.75) is 23.6 Å². The lowest BCUT2D eigenvalue weighted by atomic mass is 10.2. The predicted molar refractivity (Wildman–Crippen MR) is 84.1 cm³/mol. The second-order valence-corrected chi connectivity index (χ2v) is 6.91. The van der Waals surface area contributed by atoms with Gasteiger partial charge in [-0.2, -0.15) is 0 Å². The van der Waals surface area contributed by atoms with Crippen LogP contribution in [0.25, 0.3) is 0 Å². The number of aryl methyl sites for hydroxylation is 2. The zero-order chi connectivity index (χ0) is 13.1. The van der Waals surface area contributed by atoms with E-state index in [9.17, 15) is 0 Å². The predicted octanol–water partition coefficient (Wildman–Crippen LogP) is 6.41. The lowest BCUT2D eigenvalue weighted by Gasteiger charge is -2.08. The molecule has 0 atom stereocenters. The molecule has 18 heavy (non-hydrogen) atoms. The van der Waals surface area contributed by atoms with Gasteiger partial charge in [0.25, 0.3) is 0 Å². The zero-order valence-electron chi connectivity index (χ0n) is 10.0. The van der Waals surface area contributed by atoms with Gasteiger partial charge in [-0.25, -0.2) is 0 Å². The van der Waals surface area contributed by atoms with Crippen LogP contribution in [-0.2, 0) is 0 Å². The number of hydrogen-bond donors (Lipinski definition) is 0. The lowest BCUT2D eigenvalue weighted by molar-refractivity contribution is 1.36. The van der Waals surface area contributed by atoms with Gasteiger partial charge in [0, 0.05) is 9.79 Å². The molecule has 0 aliphatic rings. The van der Waals surface area contributed by atoms with Crippen molar-refractivity contribution in [3.8, 4) is 0 Å². The fourth-order valence-electron chi connectivity index (χ4n) is 1.46. The van der Waals surface area contributed by atoms with Crippen LogP contribution in [0.1, 0.15) is 11.1 Å². The van der Waals surface area contributed by atoms with Gasteiger partial charge in [0.15, 0.2) is 0 Å². The third-order valence-electron chi connectivity index (χ3n) is 2.53. The van der Waals surface area contributed by atoms with Gasteiger partial charge in [0.1, 0.15) is 0 Å². The van der Waals surface area contributed by atoms with Crippen molar-refractivity contribution in [3.05, 3.63) is 57.6 Å². The van der Waals surface area contributed by atoms with Gasteiger partial charge in [-0.3, -0.25) is 0 Å². The van der Waals surface area contributed by atoms with Crippen LogP contribution in [0.5, 0.6) is 0 Å². The highest BCUT2D eigenvalue weighted by molar-refractivity contribution is 8.76. The van der Waals surface area contributed by atoms with Crippen molar-refractivity contribution in [1.29, 1.82) is 0 Å². The van der Waals surface area contributed by atoms with E-state index in [1.807, 2.05) is 50.2 Å². The van der Waals surface area contributed by atoms with Crippen LogP contribution in [0.2, 0.25) is 10.0 Å². The zero-order valence-corrected chi connectivity index (χ0v) is 13.2. The van der Waals surface area contributed by atoms with E-state index < -0.39 is 0 Å². The van der Waals surface area contributed by atoms with E-state index in [4.69, 9.17) is 23.2 Å². The van der Waals surface area contributed by atoms with Gasteiger partial charge >= 0.3 is 0 Å². The average Bonchev–Trinajstić information content (AvgIpc) is 2.36. The summed E-state index contributed by atoms with van der Waals surface area (Å²) in [7, 11) is 3.27. The van der Waals surface area contributed by atoms with Crippen molar-refractivity contribution in [3.63, 3.8) is 0 Å². The molecule has 0 aliphatic heterocycles. The molecule has 0 heterocycles. The van der Waals surface area contributed by atoms with Crippen molar-refractivity contribution < 1.29 is 0 Å². The maximum absolute atomic E-state index is 6.26. The van der Waals surface area contributed by atoms with E-state index in [0.29, 0.717) is 0 Å². The summed E-state index contributed by atoms with van der Waals surface area (Å²) in [5.41, 5.74) is 2.19. The highest BCUT2D eigenvalue weighted by atomic mass is 35.5. The summed E-state index contributed by atoms with van der Waals surface area (Å²) in [6.07, 6.45) is 0. The normalized spacial score (nSPS) is 10.7. The topological polar surface area (TPSA) is 0 Å². The molecule has 0 aromatic heterocycles. The molecule has 0 radical (unpaired) electrons. The molecule has 0 unspecified atom stereocenters. The number of hydrogen-bond acceptors (Lipinski definition) is 2. The van der Waals surface area contributed by atoms with Crippen LogP contribution in [0.15, 0.2) is 46.2 Å². The van der Waals surface area contributed by atoms with Gasteiger partial charge in [0.2, 0.25) is 0 Å². The summed E-state index contributed by atoms with van der Waals surface area (Å²) in [6, 6.07) is 12.1. The molecule has 2 rings (SSSR count). The quantitative estimate of drug-likeness (QED) is 0.600. The Labute approximate surface area is 125 Å². The minimum Gasteiger partial charge on any atom is -0.0828 e. The molecule has 2 aromatic rings. The van der Waals surface area contributed by atoms with Crippen LogP contribution in [0, 0.1) is 13.8 Å². The highest BCUT2D eigenvalue weighted by Gasteiger charge is 2.07. The Balaban J connectivity index is 2.17. The molecule has 0 aliphatic carbocycles. The Bertz CT molecular complexity index is 516. The molecule has 4 heteroatoms. The third-order valence-corrected chi connectivity index (χ3v) is 6.21. The summed E-state index contributed by atoms with van der Waals surface area (Å²) in [5, 5.41) is 1.64. The van der Waals surface area contributed by atoms with Gasteiger partial charge < -0.3 is 0 Å².